The Labute approximate surface area is 150 Å². The van der Waals surface area contributed by atoms with Gasteiger partial charge in [0.15, 0.2) is 0 Å². The van der Waals surface area contributed by atoms with E-state index in [1.807, 2.05) is 29.2 Å². The molecule has 0 bridgehead atoms. The fourth-order valence-electron chi connectivity index (χ4n) is 3.27. The molecule has 3 rings (SSSR count). The molecule has 0 aromatic heterocycles. The summed E-state index contributed by atoms with van der Waals surface area (Å²) in [4.78, 5) is 14.4. The summed E-state index contributed by atoms with van der Waals surface area (Å²) in [7, 11) is 0. The molecule has 0 N–H and O–H groups in total. The monoisotopic (exact) mass is 337 g/mol. The third-order valence-corrected chi connectivity index (χ3v) is 4.84. The lowest BCUT2D eigenvalue weighted by Gasteiger charge is -2.41. The number of hydrogen-bond donors (Lipinski definition) is 0. The van der Waals surface area contributed by atoms with Crippen LogP contribution in [0.5, 0.6) is 0 Å². The zero-order chi connectivity index (χ0) is 17.3. The van der Waals surface area contributed by atoms with Crippen molar-refractivity contribution in [1.82, 2.24) is 4.90 Å². The Morgan fingerprint density at radius 1 is 0.960 bits per heavy atom. The summed E-state index contributed by atoms with van der Waals surface area (Å²) in [6.45, 7) is 2.29. The summed E-state index contributed by atoms with van der Waals surface area (Å²) >= 11 is 0. The Morgan fingerprint density at radius 2 is 1.64 bits per heavy atom. The molecule has 1 aliphatic rings. The molecule has 2 aromatic rings. The van der Waals surface area contributed by atoms with Crippen molar-refractivity contribution >= 4 is 5.91 Å². The third kappa shape index (κ3) is 5.43. The van der Waals surface area contributed by atoms with Gasteiger partial charge in [0, 0.05) is 25.6 Å². The molecule has 3 heteroatoms. The van der Waals surface area contributed by atoms with E-state index in [0.29, 0.717) is 19.1 Å². The van der Waals surface area contributed by atoms with Gasteiger partial charge in [-0.15, -0.1) is 0 Å². The van der Waals surface area contributed by atoms with E-state index >= 15 is 0 Å². The van der Waals surface area contributed by atoms with Crippen LogP contribution in [0.4, 0.5) is 0 Å². The van der Waals surface area contributed by atoms with E-state index in [2.05, 4.69) is 36.4 Å². The van der Waals surface area contributed by atoms with Crippen molar-refractivity contribution in [2.24, 2.45) is 0 Å². The van der Waals surface area contributed by atoms with Crippen LogP contribution < -0.4 is 0 Å². The van der Waals surface area contributed by atoms with E-state index in [9.17, 15) is 4.79 Å². The number of carbonyl (C=O) groups excluding carboxylic acids is 1. The van der Waals surface area contributed by atoms with Gasteiger partial charge in [-0.25, -0.2) is 0 Å². The Bertz CT molecular complexity index is 642. The lowest BCUT2D eigenvalue weighted by molar-refractivity contribution is -0.139. The highest BCUT2D eigenvalue weighted by atomic mass is 16.5. The van der Waals surface area contributed by atoms with Gasteiger partial charge in [-0.2, -0.15) is 0 Å². The van der Waals surface area contributed by atoms with Gasteiger partial charge in [-0.05, 0) is 36.8 Å². The van der Waals surface area contributed by atoms with Gasteiger partial charge < -0.3 is 9.64 Å². The van der Waals surface area contributed by atoms with E-state index in [4.69, 9.17) is 4.74 Å². The predicted molar refractivity (Wildman–Crippen MR) is 100 cm³/mol. The van der Waals surface area contributed by atoms with E-state index in [1.165, 1.54) is 11.1 Å². The van der Waals surface area contributed by atoms with Crippen LogP contribution >= 0.6 is 0 Å². The zero-order valence-electron chi connectivity index (χ0n) is 14.8. The smallest absolute Gasteiger partial charge is 0.222 e. The molecular weight excluding hydrogens is 310 g/mol. The minimum Gasteiger partial charge on any atom is -0.381 e. The van der Waals surface area contributed by atoms with Crippen LogP contribution in [0.1, 0.15) is 30.4 Å². The number of benzene rings is 2. The highest BCUT2D eigenvalue weighted by Gasteiger charge is 2.31. The number of ether oxygens (including phenoxy) is 1. The molecule has 0 aliphatic carbocycles. The third-order valence-electron chi connectivity index (χ3n) is 4.84. The summed E-state index contributed by atoms with van der Waals surface area (Å²) in [5.41, 5.74) is 2.61. The minimum atomic E-state index is 0.277. The van der Waals surface area contributed by atoms with E-state index in [-0.39, 0.29) is 5.91 Å². The molecule has 1 heterocycles. The van der Waals surface area contributed by atoms with Crippen LogP contribution in [-0.4, -0.2) is 36.6 Å². The molecule has 1 atom stereocenters. The molecule has 0 unspecified atom stereocenters. The molecule has 0 radical (unpaired) electrons. The zero-order valence-corrected chi connectivity index (χ0v) is 14.8. The minimum absolute atomic E-state index is 0.277. The van der Waals surface area contributed by atoms with Crippen LogP contribution in [0.25, 0.3) is 0 Å². The first-order valence-corrected chi connectivity index (χ1v) is 9.28. The molecule has 0 spiro atoms. The maximum Gasteiger partial charge on any atom is 0.222 e. The Kier molecular flexibility index (Phi) is 6.63. The molecule has 1 saturated heterocycles. The number of hydrogen-bond acceptors (Lipinski definition) is 2. The molecule has 132 valence electrons. The first kappa shape index (κ1) is 17.7. The molecule has 0 saturated carbocycles. The molecule has 3 nitrogen and oxygen atoms in total. The van der Waals surface area contributed by atoms with Crippen molar-refractivity contribution in [3.05, 3.63) is 71.8 Å². The van der Waals surface area contributed by atoms with Crippen molar-refractivity contribution in [1.29, 1.82) is 0 Å². The Balaban J connectivity index is 1.29. The molecular formula is C22H27NO2. The van der Waals surface area contributed by atoms with Gasteiger partial charge in [-0.3, -0.25) is 4.79 Å². The fourth-order valence-corrected chi connectivity index (χ4v) is 3.27. The van der Waals surface area contributed by atoms with Gasteiger partial charge in [-0.1, -0.05) is 60.7 Å². The Hall–Kier alpha value is -2.13. The number of carbonyl (C=O) groups is 1. The van der Waals surface area contributed by atoms with Crippen molar-refractivity contribution in [3.63, 3.8) is 0 Å². The van der Waals surface area contributed by atoms with Gasteiger partial charge in [0.1, 0.15) is 0 Å². The molecule has 1 fully saturated rings. The van der Waals surface area contributed by atoms with Gasteiger partial charge >= 0.3 is 0 Å². The van der Waals surface area contributed by atoms with Crippen LogP contribution in [-0.2, 0) is 22.4 Å². The number of nitrogens with zero attached hydrogens (tertiary/aromatic N) is 1. The fraction of sp³-hybridized carbons (Fsp3) is 0.409. The van der Waals surface area contributed by atoms with Crippen LogP contribution in [0.15, 0.2) is 60.7 Å². The topological polar surface area (TPSA) is 29.5 Å². The van der Waals surface area contributed by atoms with E-state index in [1.54, 1.807) is 0 Å². The lowest BCUT2D eigenvalue weighted by atomic mass is 9.94. The quantitative estimate of drug-likeness (QED) is 0.650. The SMILES string of the molecule is O=C(CCCOCCc1ccccc1)N1CC[C@H]1Cc1ccccc1. The van der Waals surface area contributed by atoms with E-state index < -0.39 is 0 Å². The average molecular weight is 337 g/mol. The van der Waals surface area contributed by atoms with Crippen LogP contribution in [0.3, 0.4) is 0 Å². The first-order valence-electron chi connectivity index (χ1n) is 9.28. The molecule has 1 amide bonds. The molecule has 25 heavy (non-hydrogen) atoms. The number of amides is 1. The normalized spacial score (nSPS) is 16.5. The molecule has 2 aromatic carbocycles. The summed E-state index contributed by atoms with van der Waals surface area (Å²) in [6.07, 6.45) is 4.42. The van der Waals surface area contributed by atoms with Gasteiger partial charge in [0.2, 0.25) is 5.91 Å². The predicted octanol–water partition coefficient (Wildman–Crippen LogP) is 3.87. The van der Waals surface area contributed by atoms with Crippen molar-refractivity contribution in [2.75, 3.05) is 19.8 Å². The Morgan fingerprint density at radius 3 is 2.28 bits per heavy atom. The standard InChI is InChI=1S/C22H27NO2/c24-22(12-7-16-25-17-14-19-8-3-1-4-9-19)23-15-13-21(23)18-20-10-5-2-6-11-20/h1-6,8-11,21H,7,12-18H2/t21-/m0/s1. The average Bonchev–Trinajstić information content (AvgIpc) is 2.63. The summed E-state index contributed by atoms with van der Waals surface area (Å²) in [5.74, 6) is 0.277. The number of rotatable bonds is 9. The van der Waals surface area contributed by atoms with Crippen molar-refractivity contribution < 1.29 is 9.53 Å². The number of likely N-dealkylation sites (tertiary alicyclic amines) is 1. The maximum absolute atomic E-state index is 12.4. The van der Waals surface area contributed by atoms with Gasteiger partial charge in [0.05, 0.1) is 6.61 Å². The summed E-state index contributed by atoms with van der Waals surface area (Å²) < 4.78 is 5.67. The summed E-state index contributed by atoms with van der Waals surface area (Å²) in [5, 5.41) is 0. The van der Waals surface area contributed by atoms with E-state index in [0.717, 1.165) is 38.8 Å². The highest BCUT2D eigenvalue weighted by molar-refractivity contribution is 5.77. The first-order chi connectivity index (χ1) is 12.3. The lowest BCUT2D eigenvalue weighted by Crippen LogP contribution is -2.52. The second-order valence-corrected chi connectivity index (χ2v) is 6.67. The molecule has 1 aliphatic heterocycles. The van der Waals surface area contributed by atoms with Crippen LogP contribution in [0.2, 0.25) is 0 Å². The van der Waals surface area contributed by atoms with Crippen LogP contribution in [0, 0.1) is 0 Å². The second-order valence-electron chi connectivity index (χ2n) is 6.67. The van der Waals surface area contributed by atoms with Crippen molar-refractivity contribution in [3.8, 4) is 0 Å². The largest absolute Gasteiger partial charge is 0.381 e. The highest BCUT2D eigenvalue weighted by Crippen LogP contribution is 2.22. The second kappa shape index (κ2) is 9.38. The summed E-state index contributed by atoms with van der Waals surface area (Å²) in [6, 6.07) is 21.2. The maximum atomic E-state index is 12.4. The van der Waals surface area contributed by atoms with Crippen molar-refractivity contribution in [2.45, 2.75) is 38.1 Å². The van der Waals surface area contributed by atoms with Gasteiger partial charge in [0.25, 0.3) is 0 Å².